The number of piperidine rings is 1. The zero-order valence-electron chi connectivity index (χ0n) is 25.4. The number of hydrogen-bond acceptors (Lipinski definition) is 11. The van der Waals surface area contributed by atoms with Gasteiger partial charge in [0.25, 0.3) is 15.6 Å². The number of rotatable bonds is 11. The number of carbonyl (C=O) groups is 1. The highest BCUT2D eigenvalue weighted by Gasteiger charge is 2.38. The van der Waals surface area contributed by atoms with E-state index in [4.69, 9.17) is 30.8 Å². The normalized spacial score (nSPS) is 18.3. The van der Waals surface area contributed by atoms with Crippen molar-refractivity contribution in [2.24, 2.45) is 0 Å². The minimum Gasteiger partial charge on any atom is -0.447 e. The van der Waals surface area contributed by atoms with E-state index >= 15 is 0 Å². The lowest BCUT2D eigenvalue weighted by Gasteiger charge is -2.33. The first-order valence-electron chi connectivity index (χ1n) is 14.5. The molecule has 0 spiro atoms. The van der Waals surface area contributed by atoms with Crippen LogP contribution in [0.15, 0.2) is 51.6 Å². The summed E-state index contributed by atoms with van der Waals surface area (Å²) in [5, 5.41) is 5.02. The van der Waals surface area contributed by atoms with Crippen LogP contribution in [-0.2, 0) is 30.8 Å². The molecule has 0 saturated carbocycles. The van der Waals surface area contributed by atoms with E-state index in [-0.39, 0.29) is 41.4 Å². The number of thiazole rings is 1. The molecule has 4 heterocycles. The number of ether oxygens (including phenoxy) is 3. The Kier molecular flexibility index (Phi) is 9.32. The van der Waals surface area contributed by atoms with Crippen LogP contribution in [0.2, 0.25) is 5.02 Å². The van der Waals surface area contributed by atoms with Crippen molar-refractivity contribution in [2.45, 2.75) is 42.6 Å². The number of methoxy groups -OCH3 is 2. The van der Waals surface area contributed by atoms with E-state index in [0.29, 0.717) is 70.5 Å². The smallest absolute Gasteiger partial charge is 0.410 e. The number of anilines is 1. The highest BCUT2D eigenvalue weighted by atomic mass is 35.5. The summed E-state index contributed by atoms with van der Waals surface area (Å²) < 4.78 is 44.9. The third-order valence-electron chi connectivity index (χ3n) is 8.10. The van der Waals surface area contributed by atoms with Gasteiger partial charge in [-0.3, -0.25) is 9.36 Å². The lowest BCUT2D eigenvalue weighted by Crippen LogP contribution is -2.45. The Morgan fingerprint density at radius 3 is 2.61 bits per heavy atom. The van der Waals surface area contributed by atoms with Crippen molar-refractivity contribution in [3.63, 3.8) is 0 Å². The number of sulfonamides is 1. The molecular formula is C30H33ClN6O7S2. The second-order valence-corrected chi connectivity index (χ2v) is 14.8. The Bertz CT molecular complexity index is 1930. The van der Waals surface area contributed by atoms with Gasteiger partial charge >= 0.3 is 6.09 Å². The van der Waals surface area contributed by atoms with Crippen LogP contribution in [0.3, 0.4) is 0 Å². The molecular weight excluding hydrogens is 656 g/mol. The maximum Gasteiger partial charge on any atom is 0.410 e. The standard InChI is InChI=1S/C30H33ClN6O7S2/c1-18-33-26-11-23(28-32-13-27(45-28)46(40,41)35(16-42-2)17-43-3)25(34-21-8-9-36-22(10-21)15-44-30(36)39)12-24(26)29(38)37(18)14-19-4-6-20(31)7-5-19/h4-7,11-13,21-22,34H,8-10,14-17H2,1-3H3/t21-,22-/m0/s1. The molecule has 6 rings (SSSR count). The first-order chi connectivity index (χ1) is 22.1. The van der Waals surface area contributed by atoms with E-state index in [2.05, 4.69) is 10.3 Å². The second-order valence-electron chi connectivity index (χ2n) is 11.2. The minimum absolute atomic E-state index is 0.0140. The molecule has 13 nitrogen and oxygen atoms in total. The van der Waals surface area contributed by atoms with Gasteiger partial charge in [-0.15, -0.1) is 15.6 Å². The van der Waals surface area contributed by atoms with Crippen molar-refractivity contribution in [1.29, 1.82) is 0 Å². The molecule has 0 radical (unpaired) electrons. The maximum atomic E-state index is 13.9. The number of nitrogens with zero attached hydrogens (tertiary/aromatic N) is 5. The molecule has 4 aromatic rings. The Morgan fingerprint density at radius 1 is 1.15 bits per heavy atom. The average Bonchev–Trinajstić information content (AvgIpc) is 3.68. The largest absolute Gasteiger partial charge is 0.447 e. The summed E-state index contributed by atoms with van der Waals surface area (Å²) in [6.45, 7) is 2.57. The Balaban J connectivity index is 1.42. The number of fused-ring (bicyclic) bond motifs is 2. The number of aryl methyl sites for hydroxylation is 1. The summed E-state index contributed by atoms with van der Waals surface area (Å²) in [4.78, 5) is 37.0. The highest BCUT2D eigenvalue weighted by molar-refractivity contribution is 7.91. The second kappa shape index (κ2) is 13.3. The van der Waals surface area contributed by atoms with Gasteiger partial charge in [0.05, 0.1) is 29.7 Å². The number of aromatic nitrogens is 3. The van der Waals surface area contributed by atoms with Crippen molar-refractivity contribution in [2.75, 3.05) is 46.1 Å². The molecule has 1 N–H and O–H groups in total. The predicted octanol–water partition coefficient (Wildman–Crippen LogP) is 4.12. The van der Waals surface area contributed by atoms with Gasteiger partial charge in [0.1, 0.15) is 30.9 Å². The van der Waals surface area contributed by atoms with Crippen LogP contribution in [0, 0.1) is 6.92 Å². The van der Waals surface area contributed by atoms with Gasteiger partial charge in [0.2, 0.25) is 0 Å². The lowest BCUT2D eigenvalue weighted by molar-refractivity contribution is 0.0407. The summed E-state index contributed by atoms with van der Waals surface area (Å²) in [6.07, 6.45) is 2.32. The fourth-order valence-corrected chi connectivity index (χ4v) is 8.49. The summed E-state index contributed by atoms with van der Waals surface area (Å²) >= 11 is 7.06. The molecule has 0 aliphatic carbocycles. The number of carbonyl (C=O) groups excluding carboxylic acids is 1. The minimum atomic E-state index is -3.97. The van der Waals surface area contributed by atoms with Crippen molar-refractivity contribution in [3.05, 3.63) is 69.4 Å². The fourth-order valence-electron chi connectivity index (χ4n) is 5.78. The van der Waals surface area contributed by atoms with E-state index < -0.39 is 10.0 Å². The number of cyclic esters (lactones) is 1. The molecule has 2 fully saturated rings. The summed E-state index contributed by atoms with van der Waals surface area (Å²) in [6, 6.07) is 10.7. The van der Waals surface area contributed by atoms with Crippen LogP contribution in [0.4, 0.5) is 10.5 Å². The van der Waals surface area contributed by atoms with Crippen LogP contribution in [0.5, 0.6) is 0 Å². The SMILES string of the molecule is COCN(COC)S(=O)(=O)c1cnc(-c2cc3nc(C)n(Cc4ccc(Cl)cc4)c(=O)c3cc2N[C@H]2CCN3C(=O)OC[C@@H]3C2)s1. The summed E-state index contributed by atoms with van der Waals surface area (Å²) in [5.74, 6) is 0.523. The molecule has 1 amide bonds. The summed E-state index contributed by atoms with van der Waals surface area (Å²) in [7, 11) is -1.17. The number of halogens is 1. The van der Waals surface area contributed by atoms with E-state index in [1.54, 1.807) is 40.7 Å². The predicted molar refractivity (Wildman–Crippen MR) is 174 cm³/mol. The van der Waals surface area contributed by atoms with Crippen LogP contribution in [-0.4, -0.2) is 91.2 Å². The lowest BCUT2D eigenvalue weighted by atomic mass is 9.97. The van der Waals surface area contributed by atoms with Gasteiger partial charge in [-0.1, -0.05) is 23.7 Å². The van der Waals surface area contributed by atoms with E-state index in [0.717, 1.165) is 21.2 Å². The molecule has 0 unspecified atom stereocenters. The fraction of sp³-hybridized carbons (Fsp3) is 0.400. The van der Waals surface area contributed by atoms with E-state index in [9.17, 15) is 18.0 Å². The topological polar surface area (TPSA) is 145 Å². The zero-order valence-corrected chi connectivity index (χ0v) is 27.8. The van der Waals surface area contributed by atoms with Crippen molar-refractivity contribution < 1.29 is 27.4 Å². The molecule has 2 aromatic carbocycles. The van der Waals surface area contributed by atoms with Crippen LogP contribution < -0.4 is 10.9 Å². The van der Waals surface area contributed by atoms with Gasteiger partial charge in [-0.05, 0) is 49.6 Å². The van der Waals surface area contributed by atoms with Crippen molar-refractivity contribution >= 4 is 55.6 Å². The molecule has 2 aliphatic rings. The molecule has 2 atom stereocenters. The summed E-state index contributed by atoms with van der Waals surface area (Å²) in [5.41, 5.74) is 2.36. The molecule has 2 aromatic heterocycles. The average molecular weight is 689 g/mol. The molecule has 244 valence electrons. The van der Waals surface area contributed by atoms with Crippen molar-refractivity contribution in [3.8, 4) is 10.6 Å². The molecule has 0 bridgehead atoms. The maximum absolute atomic E-state index is 13.9. The number of benzene rings is 2. The first kappa shape index (κ1) is 32.3. The van der Waals surface area contributed by atoms with Gasteiger partial charge < -0.3 is 24.4 Å². The van der Waals surface area contributed by atoms with Crippen LogP contribution in [0.25, 0.3) is 21.5 Å². The first-order valence-corrected chi connectivity index (χ1v) is 17.2. The van der Waals surface area contributed by atoms with E-state index in [1.165, 1.54) is 20.4 Å². The molecule has 2 saturated heterocycles. The van der Waals surface area contributed by atoms with Crippen molar-refractivity contribution in [1.82, 2.24) is 23.7 Å². The Labute approximate surface area is 274 Å². The number of hydrogen-bond donors (Lipinski definition) is 1. The van der Waals surface area contributed by atoms with Crippen LogP contribution in [0.1, 0.15) is 24.2 Å². The van der Waals surface area contributed by atoms with Gasteiger partial charge in [0.15, 0.2) is 4.21 Å². The molecule has 46 heavy (non-hydrogen) atoms. The Morgan fingerprint density at radius 2 is 1.89 bits per heavy atom. The van der Waals surface area contributed by atoms with Gasteiger partial charge in [0, 0.05) is 43.1 Å². The van der Waals surface area contributed by atoms with Gasteiger partial charge in [-0.2, -0.15) is 0 Å². The highest BCUT2D eigenvalue weighted by Crippen LogP contribution is 2.37. The number of nitrogens with one attached hydrogen (secondary N) is 1. The third-order valence-corrected chi connectivity index (χ3v) is 11.6. The van der Waals surface area contributed by atoms with E-state index in [1.807, 2.05) is 12.1 Å². The monoisotopic (exact) mass is 688 g/mol. The van der Waals surface area contributed by atoms with Crippen LogP contribution >= 0.6 is 22.9 Å². The molecule has 16 heteroatoms. The van der Waals surface area contributed by atoms with Gasteiger partial charge in [-0.25, -0.2) is 23.2 Å². The zero-order chi connectivity index (χ0) is 32.6. The molecule has 2 aliphatic heterocycles. The third kappa shape index (κ3) is 6.35. The quantitative estimate of drug-likeness (QED) is 0.229. The number of amides is 1. The Hall–Kier alpha value is -3.60.